The topological polar surface area (TPSA) is 55.3 Å². The van der Waals surface area contributed by atoms with Gasteiger partial charge in [0.15, 0.2) is 11.4 Å². The molecule has 84 valence electrons. The molecule has 0 unspecified atom stereocenters. The van der Waals surface area contributed by atoms with Crippen molar-refractivity contribution in [2.24, 2.45) is 0 Å². The van der Waals surface area contributed by atoms with Gasteiger partial charge in [-0.15, -0.1) is 0 Å². The molecule has 16 heavy (non-hydrogen) atoms. The van der Waals surface area contributed by atoms with Gasteiger partial charge in [0.1, 0.15) is 0 Å². The number of fused-ring (bicyclic) bond motifs is 1. The van der Waals surface area contributed by atoms with Gasteiger partial charge < -0.3 is 15.2 Å². The van der Waals surface area contributed by atoms with E-state index in [2.05, 4.69) is 10.1 Å². The monoisotopic (exact) mass is 217 g/mol. The molecule has 1 saturated heterocycles. The minimum absolute atomic E-state index is 0.758. The Kier molecular flexibility index (Phi) is 2.20. The van der Waals surface area contributed by atoms with E-state index in [1.807, 2.05) is 18.2 Å². The average molecular weight is 217 g/mol. The maximum absolute atomic E-state index is 5.79. The average Bonchev–Trinajstić information content (AvgIpc) is 2.73. The highest BCUT2D eigenvalue weighted by Crippen LogP contribution is 2.29. The highest BCUT2D eigenvalue weighted by molar-refractivity contribution is 5.90. The van der Waals surface area contributed by atoms with Crippen LogP contribution in [0.5, 0.6) is 0 Å². The normalized spacial score (nSPS) is 16.9. The van der Waals surface area contributed by atoms with Crippen molar-refractivity contribution in [2.45, 2.75) is 19.3 Å². The Labute approximate surface area is 94.0 Å². The van der Waals surface area contributed by atoms with E-state index in [1.54, 1.807) is 0 Å². The number of nitrogen functional groups attached to an aromatic ring is 1. The number of nitrogens with two attached hydrogens (primary N) is 1. The second-order valence-electron chi connectivity index (χ2n) is 4.31. The van der Waals surface area contributed by atoms with Crippen molar-refractivity contribution in [3.05, 3.63) is 18.2 Å². The molecule has 0 amide bonds. The molecule has 1 aromatic heterocycles. The van der Waals surface area contributed by atoms with Crippen LogP contribution in [0, 0.1) is 0 Å². The summed E-state index contributed by atoms with van der Waals surface area (Å²) in [6.45, 7) is 2.13. The van der Waals surface area contributed by atoms with E-state index >= 15 is 0 Å². The van der Waals surface area contributed by atoms with Gasteiger partial charge in [0.05, 0.1) is 5.39 Å². The van der Waals surface area contributed by atoms with E-state index in [0.717, 1.165) is 35.6 Å². The molecule has 1 fully saturated rings. The number of hydrogen-bond donors (Lipinski definition) is 1. The summed E-state index contributed by atoms with van der Waals surface area (Å²) in [5.74, 6) is 0.946. The molecule has 0 atom stereocenters. The van der Waals surface area contributed by atoms with Gasteiger partial charge in [0.25, 0.3) is 0 Å². The summed E-state index contributed by atoms with van der Waals surface area (Å²) in [5.41, 5.74) is 7.37. The molecule has 3 rings (SSSR count). The van der Waals surface area contributed by atoms with Gasteiger partial charge in [-0.1, -0.05) is 5.16 Å². The number of anilines is 2. The number of benzene rings is 1. The van der Waals surface area contributed by atoms with Crippen molar-refractivity contribution in [1.82, 2.24) is 5.16 Å². The van der Waals surface area contributed by atoms with E-state index in [0.29, 0.717) is 0 Å². The molecule has 0 spiro atoms. The molecule has 2 aromatic rings. The van der Waals surface area contributed by atoms with Crippen LogP contribution in [-0.4, -0.2) is 18.2 Å². The molecule has 0 aliphatic carbocycles. The van der Waals surface area contributed by atoms with Crippen LogP contribution in [0.2, 0.25) is 0 Å². The van der Waals surface area contributed by atoms with Gasteiger partial charge in [0.2, 0.25) is 0 Å². The van der Waals surface area contributed by atoms with Crippen molar-refractivity contribution in [3.63, 3.8) is 0 Å². The zero-order valence-corrected chi connectivity index (χ0v) is 9.15. The van der Waals surface area contributed by atoms with E-state index < -0.39 is 0 Å². The highest BCUT2D eigenvalue weighted by atomic mass is 16.5. The fourth-order valence-corrected chi connectivity index (χ4v) is 2.28. The maximum atomic E-state index is 5.79. The first kappa shape index (κ1) is 9.51. The number of piperidine rings is 1. The maximum Gasteiger partial charge on any atom is 0.180 e. The van der Waals surface area contributed by atoms with Crippen molar-refractivity contribution in [2.75, 3.05) is 23.7 Å². The predicted octanol–water partition coefficient (Wildman–Crippen LogP) is 2.40. The summed E-state index contributed by atoms with van der Waals surface area (Å²) in [5, 5.41) is 5.18. The Bertz CT molecular complexity index is 500. The Morgan fingerprint density at radius 2 is 2.00 bits per heavy atom. The molecule has 1 aromatic carbocycles. The lowest BCUT2D eigenvalue weighted by molar-refractivity contribution is 0.450. The molecule has 0 bridgehead atoms. The first-order chi connectivity index (χ1) is 7.84. The molecule has 2 N–H and O–H groups in total. The minimum atomic E-state index is 0.758. The van der Waals surface area contributed by atoms with E-state index in [4.69, 9.17) is 10.3 Å². The van der Waals surface area contributed by atoms with Gasteiger partial charge in [-0.25, -0.2) is 0 Å². The number of hydrogen-bond acceptors (Lipinski definition) is 4. The van der Waals surface area contributed by atoms with Crippen LogP contribution in [0.15, 0.2) is 22.7 Å². The smallest absolute Gasteiger partial charge is 0.180 e. The Hall–Kier alpha value is -1.71. The van der Waals surface area contributed by atoms with Crippen LogP contribution >= 0.6 is 0 Å². The third-order valence-electron chi connectivity index (χ3n) is 3.13. The molecule has 4 nitrogen and oxygen atoms in total. The lowest BCUT2D eigenvalue weighted by Crippen LogP contribution is -2.29. The SMILES string of the molecule is Nc1ccc2onc(N3CCCCC3)c2c1. The second kappa shape index (κ2) is 3.70. The molecule has 1 aliphatic rings. The van der Waals surface area contributed by atoms with Crippen molar-refractivity contribution in [1.29, 1.82) is 0 Å². The van der Waals surface area contributed by atoms with Gasteiger partial charge in [-0.3, -0.25) is 0 Å². The fourth-order valence-electron chi connectivity index (χ4n) is 2.28. The summed E-state index contributed by atoms with van der Waals surface area (Å²) in [4.78, 5) is 2.29. The first-order valence-corrected chi connectivity index (χ1v) is 5.74. The molecule has 2 heterocycles. The van der Waals surface area contributed by atoms with E-state index in [9.17, 15) is 0 Å². The summed E-state index contributed by atoms with van der Waals surface area (Å²) >= 11 is 0. The predicted molar refractivity (Wildman–Crippen MR) is 64.5 cm³/mol. The summed E-state index contributed by atoms with van der Waals surface area (Å²) < 4.78 is 5.31. The van der Waals surface area contributed by atoms with Crippen LogP contribution in [0.1, 0.15) is 19.3 Å². The third-order valence-corrected chi connectivity index (χ3v) is 3.13. The van der Waals surface area contributed by atoms with Crippen LogP contribution < -0.4 is 10.6 Å². The molecule has 1 aliphatic heterocycles. The second-order valence-corrected chi connectivity index (χ2v) is 4.31. The first-order valence-electron chi connectivity index (χ1n) is 5.74. The highest BCUT2D eigenvalue weighted by Gasteiger charge is 2.17. The van der Waals surface area contributed by atoms with Crippen LogP contribution in [-0.2, 0) is 0 Å². The lowest BCUT2D eigenvalue weighted by atomic mass is 10.1. The molecule has 0 radical (unpaired) electrons. The summed E-state index contributed by atoms with van der Waals surface area (Å²) in [6.07, 6.45) is 3.78. The largest absolute Gasteiger partial charge is 0.399 e. The summed E-state index contributed by atoms with van der Waals surface area (Å²) in [6, 6.07) is 5.66. The quantitative estimate of drug-likeness (QED) is 0.745. The molecular formula is C12H15N3O. The van der Waals surface area contributed by atoms with Gasteiger partial charge in [-0.2, -0.15) is 0 Å². The third kappa shape index (κ3) is 1.50. The lowest BCUT2D eigenvalue weighted by Gasteiger charge is -2.26. The zero-order chi connectivity index (χ0) is 11.0. The number of aromatic nitrogens is 1. The number of nitrogens with zero attached hydrogens (tertiary/aromatic N) is 2. The van der Waals surface area contributed by atoms with Gasteiger partial charge >= 0.3 is 0 Å². The van der Waals surface area contributed by atoms with Gasteiger partial charge in [0, 0.05) is 18.8 Å². The Morgan fingerprint density at radius 1 is 1.19 bits per heavy atom. The van der Waals surface area contributed by atoms with Crippen LogP contribution in [0.25, 0.3) is 11.0 Å². The zero-order valence-electron chi connectivity index (χ0n) is 9.15. The van der Waals surface area contributed by atoms with Gasteiger partial charge in [-0.05, 0) is 37.5 Å². The van der Waals surface area contributed by atoms with E-state index in [1.165, 1.54) is 19.3 Å². The fraction of sp³-hybridized carbons (Fsp3) is 0.417. The molecular weight excluding hydrogens is 202 g/mol. The minimum Gasteiger partial charge on any atom is -0.399 e. The van der Waals surface area contributed by atoms with Crippen molar-refractivity contribution >= 4 is 22.5 Å². The molecule has 0 saturated carbocycles. The Morgan fingerprint density at radius 3 is 2.81 bits per heavy atom. The number of rotatable bonds is 1. The van der Waals surface area contributed by atoms with Crippen molar-refractivity contribution in [3.8, 4) is 0 Å². The summed E-state index contributed by atoms with van der Waals surface area (Å²) in [7, 11) is 0. The van der Waals surface area contributed by atoms with Crippen molar-refractivity contribution < 1.29 is 4.52 Å². The Balaban J connectivity index is 2.05. The van der Waals surface area contributed by atoms with E-state index in [-0.39, 0.29) is 0 Å². The standard InChI is InChI=1S/C12H15N3O/c13-9-4-5-11-10(8-9)12(14-16-11)15-6-2-1-3-7-15/h4-5,8H,1-3,6-7,13H2. The van der Waals surface area contributed by atoms with Crippen LogP contribution in [0.3, 0.4) is 0 Å². The van der Waals surface area contributed by atoms with Crippen LogP contribution in [0.4, 0.5) is 11.5 Å². The molecule has 4 heteroatoms.